The van der Waals surface area contributed by atoms with E-state index in [4.69, 9.17) is 16.0 Å². The predicted molar refractivity (Wildman–Crippen MR) is 101 cm³/mol. The zero-order valence-corrected chi connectivity index (χ0v) is 15.1. The summed E-state index contributed by atoms with van der Waals surface area (Å²) in [5, 5.41) is 5.52. The van der Waals surface area contributed by atoms with Gasteiger partial charge in [-0.1, -0.05) is 11.6 Å². The smallest absolute Gasteiger partial charge is 0.259 e. The molecule has 1 saturated heterocycles. The normalized spacial score (nSPS) is 14.0. The number of halogens is 1. The van der Waals surface area contributed by atoms with Crippen LogP contribution in [0, 0.1) is 0 Å². The van der Waals surface area contributed by atoms with E-state index in [1.54, 1.807) is 46.9 Å². The number of carbonyl (C=O) groups is 2. The molecule has 132 valence electrons. The average molecular weight is 388 g/mol. The van der Waals surface area contributed by atoms with Gasteiger partial charge in [-0.05, 0) is 36.8 Å². The highest BCUT2D eigenvalue weighted by atomic mass is 35.5. The van der Waals surface area contributed by atoms with Crippen molar-refractivity contribution in [2.45, 2.75) is 12.8 Å². The molecule has 0 bridgehead atoms. The number of nitrogens with one attached hydrogen (secondary N) is 1. The van der Waals surface area contributed by atoms with Crippen LogP contribution in [0.4, 0.5) is 10.8 Å². The van der Waals surface area contributed by atoms with Gasteiger partial charge in [-0.25, -0.2) is 4.98 Å². The molecule has 4 rings (SSSR count). The van der Waals surface area contributed by atoms with Crippen LogP contribution < -0.4 is 10.2 Å². The summed E-state index contributed by atoms with van der Waals surface area (Å²) >= 11 is 7.38. The Bertz CT molecular complexity index is 968. The molecule has 2 aromatic heterocycles. The van der Waals surface area contributed by atoms with E-state index in [0.717, 1.165) is 6.42 Å². The summed E-state index contributed by atoms with van der Waals surface area (Å²) < 4.78 is 5.31. The maximum Gasteiger partial charge on any atom is 0.259 e. The van der Waals surface area contributed by atoms with Gasteiger partial charge < -0.3 is 9.32 Å². The molecular weight excluding hydrogens is 374 g/mol. The molecule has 0 spiro atoms. The highest BCUT2D eigenvalue weighted by Crippen LogP contribution is 2.30. The number of hydrogen-bond donors (Lipinski definition) is 1. The van der Waals surface area contributed by atoms with Crippen molar-refractivity contribution >= 4 is 45.6 Å². The predicted octanol–water partition coefficient (Wildman–Crippen LogP) is 4.44. The third-order valence-electron chi connectivity index (χ3n) is 4.07. The van der Waals surface area contributed by atoms with Crippen LogP contribution in [0.5, 0.6) is 0 Å². The lowest BCUT2D eigenvalue weighted by Crippen LogP contribution is -2.27. The second-order valence-corrected chi connectivity index (χ2v) is 7.07. The van der Waals surface area contributed by atoms with Gasteiger partial charge in [0.05, 0.1) is 17.5 Å². The Morgan fingerprint density at radius 1 is 1.35 bits per heavy atom. The Balaban J connectivity index is 1.60. The van der Waals surface area contributed by atoms with Gasteiger partial charge in [-0.2, -0.15) is 0 Å². The Labute approximate surface area is 158 Å². The van der Waals surface area contributed by atoms with Crippen LogP contribution in [0.25, 0.3) is 11.5 Å². The van der Waals surface area contributed by atoms with Crippen molar-refractivity contribution in [3.05, 3.63) is 52.6 Å². The number of nitrogens with zero attached hydrogens (tertiary/aromatic N) is 2. The molecule has 1 aromatic carbocycles. The maximum atomic E-state index is 12.8. The van der Waals surface area contributed by atoms with E-state index >= 15 is 0 Å². The molecule has 6 nitrogen and oxygen atoms in total. The van der Waals surface area contributed by atoms with Crippen LogP contribution in [0.1, 0.15) is 23.2 Å². The van der Waals surface area contributed by atoms with Gasteiger partial charge in [0.1, 0.15) is 5.69 Å². The van der Waals surface area contributed by atoms with Gasteiger partial charge in [-0.3, -0.25) is 14.9 Å². The minimum absolute atomic E-state index is 0.00401. The summed E-state index contributed by atoms with van der Waals surface area (Å²) in [5.41, 5.74) is 1.57. The Morgan fingerprint density at radius 3 is 2.96 bits per heavy atom. The quantitative estimate of drug-likeness (QED) is 0.718. The van der Waals surface area contributed by atoms with Gasteiger partial charge >= 0.3 is 0 Å². The summed E-state index contributed by atoms with van der Waals surface area (Å²) in [5.74, 6) is 0.295. The van der Waals surface area contributed by atoms with Crippen LogP contribution in [0.2, 0.25) is 5.02 Å². The van der Waals surface area contributed by atoms with Crippen molar-refractivity contribution in [2.75, 3.05) is 16.8 Å². The van der Waals surface area contributed by atoms with Crippen molar-refractivity contribution in [1.29, 1.82) is 0 Å². The number of aromatic nitrogens is 1. The Morgan fingerprint density at radius 2 is 2.23 bits per heavy atom. The van der Waals surface area contributed by atoms with Crippen LogP contribution >= 0.6 is 22.9 Å². The fourth-order valence-corrected chi connectivity index (χ4v) is 3.72. The molecule has 1 aliphatic rings. The molecule has 3 heterocycles. The first-order chi connectivity index (χ1) is 12.6. The SMILES string of the molecule is O=C(Nc1nc(-c2ccco2)cs1)c1ccc(Cl)cc1N1CCCC1=O. The molecule has 0 saturated carbocycles. The van der Waals surface area contributed by atoms with E-state index in [1.807, 2.05) is 0 Å². The number of furan rings is 1. The monoisotopic (exact) mass is 387 g/mol. The Hall–Kier alpha value is -2.64. The molecule has 0 atom stereocenters. The lowest BCUT2D eigenvalue weighted by molar-refractivity contribution is -0.117. The fourth-order valence-electron chi connectivity index (χ4n) is 2.86. The van der Waals surface area contributed by atoms with Gasteiger partial charge in [0.25, 0.3) is 5.91 Å². The molecule has 0 aliphatic carbocycles. The van der Waals surface area contributed by atoms with Crippen molar-refractivity contribution in [3.63, 3.8) is 0 Å². The van der Waals surface area contributed by atoms with Gasteiger partial charge in [0, 0.05) is 23.4 Å². The molecule has 0 radical (unpaired) electrons. The first kappa shape index (κ1) is 16.8. The molecule has 1 fully saturated rings. The second kappa shape index (κ2) is 6.93. The van der Waals surface area contributed by atoms with E-state index in [9.17, 15) is 9.59 Å². The third-order valence-corrected chi connectivity index (χ3v) is 5.06. The third kappa shape index (κ3) is 3.23. The zero-order valence-electron chi connectivity index (χ0n) is 13.6. The van der Waals surface area contributed by atoms with Gasteiger partial charge in [-0.15, -0.1) is 11.3 Å². The minimum Gasteiger partial charge on any atom is -0.463 e. The van der Waals surface area contributed by atoms with E-state index < -0.39 is 0 Å². The molecule has 2 amide bonds. The van der Waals surface area contributed by atoms with Crippen LogP contribution in [0.15, 0.2) is 46.4 Å². The van der Waals surface area contributed by atoms with E-state index in [-0.39, 0.29) is 11.8 Å². The first-order valence-electron chi connectivity index (χ1n) is 8.02. The van der Waals surface area contributed by atoms with Crippen LogP contribution in [0.3, 0.4) is 0 Å². The van der Waals surface area contributed by atoms with Gasteiger partial charge in [0.2, 0.25) is 5.91 Å². The summed E-state index contributed by atoms with van der Waals surface area (Å²) in [6.07, 6.45) is 2.82. The average Bonchev–Trinajstić information content (AvgIpc) is 3.35. The van der Waals surface area contributed by atoms with Crippen molar-refractivity contribution in [1.82, 2.24) is 4.98 Å². The van der Waals surface area contributed by atoms with Crippen molar-refractivity contribution in [3.8, 4) is 11.5 Å². The summed E-state index contributed by atoms with van der Waals surface area (Å²) in [4.78, 5) is 30.8. The molecule has 1 N–H and O–H groups in total. The first-order valence-corrected chi connectivity index (χ1v) is 9.28. The number of amides is 2. The highest BCUT2D eigenvalue weighted by Gasteiger charge is 2.26. The van der Waals surface area contributed by atoms with Crippen molar-refractivity contribution in [2.24, 2.45) is 0 Å². The Kier molecular flexibility index (Phi) is 4.48. The molecule has 3 aromatic rings. The lowest BCUT2D eigenvalue weighted by Gasteiger charge is -2.19. The zero-order chi connectivity index (χ0) is 18.1. The van der Waals surface area contributed by atoms with Gasteiger partial charge in [0.15, 0.2) is 10.9 Å². The molecule has 0 unspecified atom stereocenters. The molecule has 1 aliphatic heterocycles. The molecule has 26 heavy (non-hydrogen) atoms. The highest BCUT2D eigenvalue weighted by molar-refractivity contribution is 7.14. The number of thiazole rings is 1. The second-order valence-electron chi connectivity index (χ2n) is 5.78. The topological polar surface area (TPSA) is 75.4 Å². The number of benzene rings is 1. The fraction of sp³-hybridized carbons (Fsp3) is 0.167. The lowest BCUT2D eigenvalue weighted by atomic mass is 10.1. The number of anilines is 2. The van der Waals surface area contributed by atoms with E-state index in [2.05, 4.69) is 10.3 Å². The summed E-state index contributed by atoms with van der Waals surface area (Å²) in [6.45, 7) is 0.583. The summed E-state index contributed by atoms with van der Waals surface area (Å²) in [6, 6.07) is 8.49. The largest absolute Gasteiger partial charge is 0.463 e. The molecule has 8 heteroatoms. The van der Waals surface area contributed by atoms with Crippen LogP contribution in [-0.2, 0) is 4.79 Å². The maximum absolute atomic E-state index is 12.8. The van der Waals surface area contributed by atoms with E-state index in [1.165, 1.54) is 11.3 Å². The minimum atomic E-state index is -0.336. The molecular formula is C18H14ClN3O3S. The van der Waals surface area contributed by atoms with E-state index in [0.29, 0.717) is 45.8 Å². The standard InChI is InChI=1S/C18H14ClN3O3S/c19-11-5-6-12(14(9-11)22-7-1-4-16(22)23)17(24)21-18-20-13(10-26-18)15-3-2-8-25-15/h2-3,5-6,8-10H,1,4,7H2,(H,20,21,24). The number of rotatable bonds is 4. The van der Waals surface area contributed by atoms with Crippen molar-refractivity contribution < 1.29 is 14.0 Å². The summed E-state index contributed by atoms with van der Waals surface area (Å²) in [7, 11) is 0. The van der Waals surface area contributed by atoms with Crippen LogP contribution in [-0.4, -0.2) is 23.3 Å². The number of hydrogen-bond acceptors (Lipinski definition) is 5. The number of carbonyl (C=O) groups excluding carboxylic acids is 2.